The van der Waals surface area contributed by atoms with Gasteiger partial charge in [0.2, 0.25) is 5.91 Å². The lowest BCUT2D eigenvalue weighted by Crippen LogP contribution is -2.21. The molecular weight excluding hydrogens is 308 g/mol. The average Bonchev–Trinajstić information content (AvgIpc) is 2.50. The lowest BCUT2D eigenvalue weighted by atomic mass is 10.1. The van der Waals surface area contributed by atoms with Crippen LogP contribution in [0.5, 0.6) is 0 Å². The van der Waals surface area contributed by atoms with Crippen molar-refractivity contribution in [3.05, 3.63) is 27.7 Å². The number of aromatic amines is 1. The number of thioether (sulfide) groups is 1. The number of amides is 1. The highest BCUT2D eigenvalue weighted by molar-refractivity contribution is 7.99. The number of H-pyrrole nitrogens is 1. The molecule has 0 aromatic carbocycles. The van der Waals surface area contributed by atoms with Gasteiger partial charge < -0.3 is 15.0 Å². The van der Waals surface area contributed by atoms with Gasteiger partial charge in [-0.3, -0.25) is 9.59 Å². The maximum absolute atomic E-state index is 12.2. The Labute approximate surface area is 129 Å². The molecule has 2 N–H and O–H groups in total. The summed E-state index contributed by atoms with van der Waals surface area (Å²) in [6.45, 7) is 1.69. The van der Waals surface area contributed by atoms with Crippen LogP contribution in [-0.2, 0) is 9.53 Å². The minimum absolute atomic E-state index is 0.0711. The third-order valence-corrected chi connectivity index (χ3v) is 3.68. The van der Waals surface area contributed by atoms with Gasteiger partial charge in [-0.05, 0) is 13.0 Å². The van der Waals surface area contributed by atoms with Crippen LogP contribution in [0.3, 0.4) is 0 Å². The fourth-order valence-electron chi connectivity index (χ4n) is 1.79. The molecule has 0 unspecified atom stereocenters. The van der Waals surface area contributed by atoms with Gasteiger partial charge in [0.05, 0.1) is 23.8 Å². The Morgan fingerprint density at radius 3 is 2.77 bits per heavy atom. The molecule has 0 saturated carbocycles. The molecule has 1 amide bonds. The van der Waals surface area contributed by atoms with Gasteiger partial charge in [0.1, 0.15) is 0 Å². The smallest absolute Gasteiger partial charge is 0.338 e. The number of fused-ring (bicyclic) bond motifs is 1. The van der Waals surface area contributed by atoms with Gasteiger partial charge in [-0.15, -0.1) is 0 Å². The lowest BCUT2D eigenvalue weighted by molar-refractivity contribution is -0.118. The molecule has 0 atom stereocenters. The first kappa shape index (κ1) is 16.0. The second kappa shape index (κ2) is 6.56. The molecule has 9 heteroatoms. The van der Waals surface area contributed by atoms with Crippen molar-refractivity contribution in [1.82, 2.24) is 20.3 Å². The fraction of sp³-hybridized carbons (Fsp3) is 0.308. The molecule has 2 rings (SSSR count). The zero-order valence-corrected chi connectivity index (χ0v) is 13.0. The maximum atomic E-state index is 12.2. The summed E-state index contributed by atoms with van der Waals surface area (Å²) in [4.78, 5) is 46.1. The lowest BCUT2D eigenvalue weighted by Gasteiger charge is -2.06. The second-order valence-electron chi connectivity index (χ2n) is 4.33. The Hall–Kier alpha value is -2.42. The second-order valence-corrected chi connectivity index (χ2v) is 5.30. The van der Waals surface area contributed by atoms with Crippen molar-refractivity contribution in [3.63, 3.8) is 0 Å². The topological polar surface area (TPSA) is 114 Å². The van der Waals surface area contributed by atoms with E-state index in [-0.39, 0.29) is 33.4 Å². The van der Waals surface area contributed by atoms with Gasteiger partial charge in [-0.1, -0.05) is 11.8 Å². The van der Waals surface area contributed by atoms with Crippen LogP contribution < -0.4 is 10.9 Å². The van der Waals surface area contributed by atoms with Gasteiger partial charge in [0.15, 0.2) is 10.8 Å². The molecule has 8 nitrogen and oxygen atoms in total. The Morgan fingerprint density at radius 1 is 1.41 bits per heavy atom. The highest BCUT2D eigenvalue weighted by Crippen LogP contribution is 2.17. The molecule has 0 fully saturated rings. The number of esters is 1. The van der Waals surface area contributed by atoms with Crippen LogP contribution in [0, 0.1) is 6.92 Å². The normalized spacial score (nSPS) is 10.5. The van der Waals surface area contributed by atoms with Crippen LogP contribution in [0.25, 0.3) is 11.0 Å². The van der Waals surface area contributed by atoms with Crippen LogP contribution in [0.1, 0.15) is 16.1 Å². The van der Waals surface area contributed by atoms with Crippen molar-refractivity contribution in [3.8, 4) is 0 Å². The summed E-state index contributed by atoms with van der Waals surface area (Å²) in [6.07, 6.45) is 0. The van der Waals surface area contributed by atoms with Crippen molar-refractivity contribution >= 4 is 34.7 Å². The monoisotopic (exact) mass is 322 g/mol. The zero-order valence-electron chi connectivity index (χ0n) is 12.2. The summed E-state index contributed by atoms with van der Waals surface area (Å²) in [6, 6.07) is 1.47. The molecule has 22 heavy (non-hydrogen) atoms. The van der Waals surface area contributed by atoms with Crippen LogP contribution in [0.15, 0.2) is 16.0 Å². The van der Waals surface area contributed by atoms with Crippen molar-refractivity contribution in [2.75, 3.05) is 19.9 Å². The molecular formula is C13H14N4O4S. The Bertz CT molecular complexity index is 802. The molecule has 0 radical (unpaired) electrons. The SMILES string of the molecule is CNC(=O)CSc1nc2nc(C)cc(C(=O)OC)c2c(=O)[nH]1. The van der Waals surface area contributed by atoms with Crippen molar-refractivity contribution in [2.24, 2.45) is 0 Å². The van der Waals surface area contributed by atoms with Crippen LogP contribution in [-0.4, -0.2) is 46.7 Å². The molecule has 116 valence electrons. The van der Waals surface area contributed by atoms with Gasteiger partial charge >= 0.3 is 5.97 Å². The van der Waals surface area contributed by atoms with Crippen molar-refractivity contribution < 1.29 is 14.3 Å². The minimum atomic E-state index is -0.631. The van der Waals surface area contributed by atoms with E-state index in [1.54, 1.807) is 6.92 Å². The van der Waals surface area contributed by atoms with E-state index in [9.17, 15) is 14.4 Å². The standard InChI is InChI=1S/C13H14N4O4S/c1-6-4-7(12(20)21-3)9-10(15-6)16-13(17-11(9)19)22-5-8(18)14-2/h4H,5H2,1-3H3,(H,14,18)(H,15,16,17,19). The first-order valence-electron chi connectivity index (χ1n) is 6.29. The number of ether oxygens (including phenoxy) is 1. The summed E-state index contributed by atoms with van der Waals surface area (Å²) < 4.78 is 4.67. The maximum Gasteiger partial charge on any atom is 0.338 e. The van der Waals surface area contributed by atoms with Gasteiger partial charge in [-0.25, -0.2) is 14.8 Å². The quantitative estimate of drug-likeness (QED) is 0.471. The van der Waals surface area contributed by atoms with E-state index < -0.39 is 11.5 Å². The molecule has 2 heterocycles. The molecule has 2 aromatic heterocycles. The number of aromatic nitrogens is 3. The van der Waals surface area contributed by atoms with Crippen molar-refractivity contribution in [2.45, 2.75) is 12.1 Å². The van der Waals surface area contributed by atoms with E-state index in [1.165, 1.54) is 20.2 Å². The molecule has 0 saturated heterocycles. The fourth-order valence-corrected chi connectivity index (χ4v) is 2.52. The van der Waals surface area contributed by atoms with Crippen LogP contribution in [0.2, 0.25) is 0 Å². The molecule has 0 spiro atoms. The molecule has 0 aliphatic rings. The average molecular weight is 322 g/mol. The molecule has 0 bridgehead atoms. The third kappa shape index (κ3) is 3.25. The first-order chi connectivity index (χ1) is 10.5. The molecule has 0 aliphatic carbocycles. The number of carbonyl (C=O) groups excluding carboxylic acids is 2. The minimum Gasteiger partial charge on any atom is -0.465 e. The van der Waals surface area contributed by atoms with Gasteiger partial charge in [0.25, 0.3) is 5.56 Å². The van der Waals surface area contributed by atoms with Gasteiger partial charge in [-0.2, -0.15) is 0 Å². The largest absolute Gasteiger partial charge is 0.465 e. The zero-order chi connectivity index (χ0) is 16.3. The van der Waals surface area contributed by atoms with E-state index in [0.717, 1.165) is 11.8 Å². The highest BCUT2D eigenvalue weighted by atomic mass is 32.2. The Kier molecular flexibility index (Phi) is 4.76. The number of hydrogen-bond acceptors (Lipinski definition) is 7. The van der Waals surface area contributed by atoms with Crippen LogP contribution >= 0.6 is 11.8 Å². The third-order valence-electron chi connectivity index (χ3n) is 2.81. The Balaban J connectivity index is 2.53. The Morgan fingerprint density at radius 2 is 2.14 bits per heavy atom. The van der Waals surface area contributed by atoms with E-state index in [1.807, 2.05) is 0 Å². The summed E-state index contributed by atoms with van der Waals surface area (Å²) >= 11 is 1.07. The van der Waals surface area contributed by atoms with Gasteiger partial charge in [0, 0.05) is 12.7 Å². The number of methoxy groups -OCH3 is 1. The number of nitrogens with one attached hydrogen (secondary N) is 2. The van der Waals surface area contributed by atoms with E-state index in [2.05, 4.69) is 25.0 Å². The predicted molar refractivity (Wildman–Crippen MR) is 81.0 cm³/mol. The predicted octanol–water partition coefficient (Wildman–Crippen LogP) is 0.251. The van der Waals surface area contributed by atoms with E-state index in [0.29, 0.717) is 5.69 Å². The number of nitrogens with zero attached hydrogens (tertiary/aromatic N) is 2. The number of pyridine rings is 1. The summed E-state index contributed by atoms with van der Waals surface area (Å²) in [5, 5.41) is 2.80. The molecule has 0 aliphatic heterocycles. The summed E-state index contributed by atoms with van der Waals surface area (Å²) in [5.74, 6) is -0.713. The van der Waals surface area contributed by atoms with Crippen LogP contribution in [0.4, 0.5) is 0 Å². The number of aryl methyl sites for hydroxylation is 1. The van der Waals surface area contributed by atoms with E-state index >= 15 is 0 Å². The first-order valence-corrected chi connectivity index (χ1v) is 7.28. The van der Waals surface area contributed by atoms with E-state index in [4.69, 9.17) is 0 Å². The highest BCUT2D eigenvalue weighted by Gasteiger charge is 2.17. The number of carbonyl (C=O) groups is 2. The number of hydrogen-bond donors (Lipinski definition) is 2. The molecule has 2 aromatic rings. The summed E-state index contributed by atoms with van der Waals surface area (Å²) in [7, 11) is 2.76. The van der Waals surface area contributed by atoms with Crippen molar-refractivity contribution in [1.29, 1.82) is 0 Å². The summed E-state index contributed by atoms with van der Waals surface area (Å²) in [5.41, 5.74) is 0.288. The number of rotatable bonds is 4.